The van der Waals surface area contributed by atoms with Gasteiger partial charge in [-0.3, -0.25) is 0 Å². The average molecular weight is 324 g/mol. The first kappa shape index (κ1) is 18.5. The lowest BCUT2D eigenvalue weighted by Gasteiger charge is -2.12. The zero-order chi connectivity index (χ0) is 17.5. The molecule has 0 bridgehead atoms. The first-order valence-electron chi connectivity index (χ1n) is 7.09. The molecule has 0 aliphatic rings. The monoisotopic (exact) mass is 324 g/mol. The Hall–Kier alpha value is -2.57. The molecule has 0 aliphatic heterocycles. The van der Waals surface area contributed by atoms with Crippen LogP contribution in [0.1, 0.15) is 31.9 Å². The van der Waals surface area contributed by atoms with Crippen LogP contribution in [0.15, 0.2) is 47.7 Å². The second kappa shape index (κ2) is 8.17. The van der Waals surface area contributed by atoms with E-state index >= 15 is 0 Å². The SMILES string of the molecule is C/C=C(\N=CN)c1cnn(-c2ccccc2C(F)(F)F)c1.CC. The number of aromatic nitrogens is 2. The van der Waals surface area contributed by atoms with Crippen LogP contribution in [-0.4, -0.2) is 16.1 Å². The Kier molecular flexibility index (Phi) is 6.56. The van der Waals surface area contributed by atoms with Gasteiger partial charge in [0.1, 0.15) is 0 Å². The summed E-state index contributed by atoms with van der Waals surface area (Å²) in [5, 5.41) is 3.97. The predicted octanol–water partition coefficient (Wildman–Crippen LogP) is 4.27. The Labute approximate surface area is 133 Å². The summed E-state index contributed by atoms with van der Waals surface area (Å²) in [6.07, 6.45) is 1.29. The summed E-state index contributed by atoms with van der Waals surface area (Å²) in [6.45, 7) is 5.75. The van der Waals surface area contributed by atoms with Gasteiger partial charge in [0.05, 0.1) is 29.5 Å². The van der Waals surface area contributed by atoms with Gasteiger partial charge in [0.2, 0.25) is 0 Å². The van der Waals surface area contributed by atoms with E-state index in [0.29, 0.717) is 11.3 Å². The summed E-state index contributed by atoms with van der Waals surface area (Å²) in [4.78, 5) is 3.93. The number of benzene rings is 1. The van der Waals surface area contributed by atoms with Crippen LogP contribution >= 0.6 is 0 Å². The van der Waals surface area contributed by atoms with Crippen molar-refractivity contribution in [2.45, 2.75) is 26.9 Å². The van der Waals surface area contributed by atoms with E-state index in [1.165, 1.54) is 35.3 Å². The average Bonchev–Trinajstić information content (AvgIpc) is 3.03. The van der Waals surface area contributed by atoms with E-state index in [1.54, 1.807) is 13.0 Å². The zero-order valence-electron chi connectivity index (χ0n) is 13.2. The van der Waals surface area contributed by atoms with Gasteiger partial charge in [-0.1, -0.05) is 32.1 Å². The van der Waals surface area contributed by atoms with Crippen molar-refractivity contribution in [1.82, 2.24) is 9.78 Å². The van der Waals surface area contributed by atoms with Gasteiger partial charge in [-0.25, -0.2) is 9.67 Å². The molecular weight excluding hydrogens is 305 g/mol. The first-order chi connectivity index (χ1) is 11.0. The van der Waals surface area contributed by atoms with E-state index in [2.05, 4.69) is 10.1 Å². The third-order valence-electron chi connectivity index (χ3n) is 2.82. The highest BCUT2D eigenvalue weighted by Crippen LogP contribution is 2.33. The maximum absolute atomic E-state index is 13.0. The van der Waals surface area contributed by atoms with Crippen LogP contribution < -0.4 is 5.73 Å². The summed E-state index contributed by atoms with van der Waals surface area (Å²) in [6, 6.07) is 5.25. The molecule has 4 nitrogen and oxygen atoms in total. The van der Waals surface area contributed by atoms with Crippen molar-refractivity contribution in [2.24, 2.45) is 10.7 Å². The maximum Gasteiger partial charge on any atom is 0.418 e. The highest BCUT2D eigenvalue weighted by atomic mass is 19.4. The smallest absolute Gasteiger partial charge is 0.390 e. The standard InChI is InChI=1S/C14H13F3N4.C2H6/c1-2-12(19-9-18)10-7-20-21(8-10)13-6-4-3-5-11(13)14(15,16)17;1-2/h2-9H,1H3,(H2,18,19);1-2H3/b12-2-;. The lowest BCUT2D eigenvalue weighted by atomic mass is 10.1. The van der Waals surface area contributed by atoms with Crippen LogP contribution in [0.5, 0.6) is 0 Å². The lowest BCUT2D eigenvalue weighted by molar-refractivity contribution is -0.137. The summed E-state index contributed by atoms with van der Waals surface area (Å²) in [7, 11) is 0. The highest BCUT2D eigenvalue weighted by molar-refractivity contribution is 5.71. The van der Waals surface area contributed by atoms with Gasteiger partial charge in [-0.2, -0.15) is 18.3 Å². The zero-order valence-corrected chi connectivity index (χ0v) is 13.2. The first-order valence-corrected chi connectivity index (χ1v) is 7.09. The number of alkyl halides is 3. The molecular formula is C16H19F3N4. The normalized spacial score (nSPS) is 12.2. The molecule has 0 atom stereocenters. The summed E-state index contributed by atoms with van der Waals surface area (Å²) < 4.78 is 40.2. The second-order valence-corrected chi connectivity index (χ2v) is 4.14. The van der Waals surface area contributed by atoms with Crippen LogP contribution in [0.25, 0.3) is 11.4 Å². The third-order valence-corrected chi connectivity index (χ3v) is 2.82. The van der Waals surface area contributed by atoms with E-state index in [4.69, 9.17) is 5.73 Å². The van der Waals surface area contributed by atoms with Gasteiger partial charge in [0.15, 0.2) is 0 Å². The molecule has 0 aliphatic carbocycles. The molecule has 0 saturated heterocycles. The Bertz CT molecular complexity index is 685. The van der Waals surface area contributed by atoms with E-state index < -0.39 is 11.7 Å². The van der Waals surface area contributed by atoms with Crippen LogP contribution in [0.2, 0.25) is 0 Å². The fourth-order valence-corrected chi connectivity index (χ4v) is 1.90. The fourth-order valence-electron chi connectivity index (χ4n) is 1.90. The molecule has 1 aromatic heterocycles. The van der Waals surface area contributed by atoms with Gasteiger partial charge in [0.25, 0.3) is 0 Å². The molecule has 0 spiro atoms. The van der Waals surface area contributed by atoms with E-state index in [9.17, 15) is 13.2 Å². The van der Waals surface area contributed by atoms with Gasteiger partial charge in [-0.15, -0.1) is 0 Å². The number of aliphatic imine (C=N–C) groups is 1. The van der Waals surface area contributed by atoms with Crippen molar-refractivity contribution in [3.63, 3.8) is 0 Å². The molecule has 2 N–H and O–H groups in total. The molecule has 0 amide bonds. The van der Waals surface area contributed by atoms with Gasteiger partial charge in [-0.05, 0) is 19.1 Å². The summed E-state index contributed by atoms with van der Waals surface area (Å²) >= 11 is 0. The number of halogens is 3. The molecule has 2 rings (SSSR count). The van der Waals surface area contributed by atoms with Crippen molar-refractivity contribution in [3.8, 4) is 5.69 Å². The number of hydrogen-bond donors (Lipinski definition) is 1. The molecule has 2 aromatic rings. The largest absolute Gasteiger partial charge is 0.418 e. The molecule has 1 aromatic carbocycles. The molecule has 0 fully saturated rings. The third kappa shape index (κ3) is 4.45. The molecule has 0 saturated carbocycles. The minimum Gasteiger partial charge on any atom is -0.390 e. The number of para-hydroxylation sites is 1. The molecule has 0 unspecified atom stereocenters. The maximum atomic E-state index is 13.0. The summed E-state index contributed by atoms with van der Waals surface area (Å²) in [5.41, 5.74) is 5.56. The van der Waals surface area contributed by atoms with Crippen LogP contribution in [-0.2, 0) is 6.18 Å². The fraction of sp³-hybridized carbons (Fsp3) is 0.250. The minimum atomic E-state index is -4.44. The molecule has 23 heavy (non-hydrogen) atoms. The van der Waals surface area contributed by atoms with Crippen molar-refractivity contribution in [3.05, 3.63) is 53.9 Å². The van der Waals surface area contributed by atoms with Crippen LogP contribution in [0, 0.1) is 0 Å². The summed E-state index contributed by atoms with van der Waals surface area (Å²) in [5.74, 6) is 0. The van der Waals surface area contributed by atoms with Gasteiger partial charge >= 0.3 is 6.18 Å². The lowest BCUT2D eigenvalue weighted by Crippen LogP contribution is -2.10. The number of nitrogens with zero attached hydrogens (tertiary/aromatic N) is 3. The Morgan fingerprint density at radius 3 is 2.48 bits per heavy atom. The van der Waals surface area contributed by atoms with Crippen molar-refractivity contribution < 1.29 is 13.2 Å². The quantitative estimate of drug-likeness (QED) is 0.677. The second-order valence-electron chi connectivity index (χ2n) is 4.14. The number of rotatable bonds is 3. The van der Waals surface area contributed by atoms with E-state index in [1.807, 2.05) is 13.8 Å². The number of hydrogen-bond acceptors (Lipinski definition) is 2. The topological polar surface area (TPSA) is 56.2 Å². The Balaban J connectivity index is 0.00000127. The number of allylic oxidation sites excluding steroid dienone is 1. The van der Waals surface area contributed by atoms with Crippen LogP contribution in [0.3, 0.4) is 0 Å². The Morgan fingerprint density at radius 2 is 1.91 bits per heavy atom. The minimum absolute atomic E-state index is 0.0385. The van der Waals surface area contributed by atoms with Crippen molar-refractivity contribution >= 4 is 12.0 Å². The Morgan fingerprint density at radius 1 is 1.26 bits per heavy atom. The predicted molar refractivity (Wildman–Crippen MR) is 86.2 cm³/mol. The number of nitrogens with two attached hydrogens (primary N) is 1. The molecule has 124 valence electrons. The van der Waals surface area contributed by atoms with E-state index in [-0.39, 0.29) is 5.69 Å². The van der Waals surface area contributed by atoms with Crippen molar-refractivity contribution in [1.29, 1.82) is 0 Å². The van der Waals surface area contributed by atoms with Crippen LogP contribution in [0.4, 0.5) is 13.2 Å². The molecule has 0 radical (unpaired) electrons. The molecule has 7 heteroatoms. The molecule has 1 heterocycles. The van der Waals surface area contributed by atoms with Gasteiger partial charge in [0, 0.05) is 11.8 Å². The highest BCUT2D eigenvalue weighted by Gasteiger charge is 2.33. The van der Waals surface area contributed by atoms with Crippen molar-refractivity contribution in [2.75, 3.05) is 0 Å². The van der Waals surface area contributed by atoms with E-state index in [0.717, 1.165) is 12.4 Å². The van der Waals surface area contributed by atoms with Gasteiger partial charge < -0.3 is 5.73 Å².